The van der Waals surface area contributed by atoms with Crippen molar-refractivity contribution in [1.82, 2.24) is 9.80 Å². The van der Waals surface area contributed by atoms with Crippen molar-refractivity contribution in [2.45, 2.75) is 51.2 Å². The van der Waals surface area contributed by atoms with Crippen molar-refractivity contribution < 1.29 is 13.9 Å². The van der Waals surface area contributed by atoms with E-state index in [9.17, 15) is 9.18 Å². The predicted octanol–water partition coefficient (Wildman–Crippen LogP) is 3.86. The average Bonchev–Trinajstić information content (AvgIpc) is 3.17. The second-order valence-electron chi connectivity index (χ2n) is 8.42. The molecule has 0 aliphatic carbocycles. The Hall–Kier alpha value is -1.17. The Kier molecular flexibility index (Phi) is 5.72. The van der Waals surface area contributed by atoms with Crippen LogP contribution >= 0.6 is 11.6 Å². The van der Waals surface area contributed by atoms with E-state index >= 15 is 0 Å². The molecule has 0 aromatic heterocycles. The number of ether oxygens (including phenoxy) is 1. The van der Waals surface area contributed by atoms with Gasteiger partial charge in [-0.05, 0) is 74.4 Å². The summed E-state index contributed by atoms with van der Waals surface area (Å²) in [4.78, 5) is 16.8. The van der Waals surface area contributed by atoms with E-state index in [0.29, 0.717) is 18.0 Å². The summed E-state index contributed by atoms with van der Waals surface area (Å²) < 4.78 is 19.2. The van der Waals surface area contributed by atoms with Crippen LogP contribution in [0.5, 0.6) is 0 Å². The third-order valence-corrected chi connectivity index (χ3v) is 6.88. The molecule has 3 fully saturated rings. The fourth-order valence-corrected chi connectivity index (χ4v) is 4.98. The van der Waals surface area contributed by atoms with Crippen LogP contribution in [0.25, 0.3) is 0 Å². The molecule has 4 nitrogen and oxygen atoms in total. The topological polar surface area (TPSA) is 32.8 Å². The van der Waals surface area contributed by atoms with Gasteiger partial charge in [-0.1, -0.05) is 11.6 Å². The Morgan fingerprint density at radius 1 is 1.26 bits per heavy atom. The SMILES string of the molecule is O=C1CCC2(CCN(Cc3cc(F)ccc3Cl)CC2)CN1C[C@@H]1CCCO1. The van der Waals surface area contributed by atoms with Crippen LogP contribution in [0.1, 0.15) is 44.1 Å². The number of amides is 1. The molecule has 1 aromatic rings. The normalized spacial score (nSPS) is 26.1. The molecule has 1 amide bonds. The van der Waals surface area contributed by atoms with Gasteiger partial charge in [0.2, 0.25) is 5.91 Å². The summed E-state index contributed by atoms with van der Waals surface area (Å²) in [5.41, 5.74) is 1.08. The number of piperidine rings is 2. The number of halogens is 2. The van der Waals surface area contributed by atoms with Gasteiger partial charge in [-0.25, -0.2) is 4.39 Å². The van der Waals surface area contributed by atoms with Crippen LogP contribution in [0, 0.1) is 11.2 Å². The zero-order valence-corrected chi connectivity index (χ0v) is 16.5. The molecule has 4 rings (SSSR count). The van der Waals surface area contributed by atoms with E-state index in [4.69, 9.17) is 16.3 Å². The van der Waals surface area contributed by atoms with E-state index in [0.717, 1.165) is 70.5 Å². The van der Waals surface area contributed by atoms with Crippen LogP contribution in [-0.4, -0.2) is 54.6 Å². The van der Waals surface area contributed by atoms with Crippen molar-refractivity contribution in [3.63, 3.8) is 0 Å². The Balaban J connectivity index is 1.34. The summed E-state index contributed by atoms with van der Waals surface area (Å²) in [5.74, 6) is 0.0449. The smallest absolute Gasteiger partial charge is 0.222 e. The third kappa shape index (κ3) is 4.47. The van der Waals surface area contributed by atoms with Gasteiger partial charge < -0.3 is 9.64 Å². The molecular formula is C21H28ClFN2O2. The molecule has 3 aliphatic heterocycles. The summed E-state index contributed by atoms with van der Waals surface area (Å²) in [7, 11) is 0. The molecule has 0 bridgehead atoms. The van der Waals surface area contributed by atoms with E-state index in [1.165, 1.54) is 12.1 Å². The molecule has 1 spiro atoms. The van der Waals surface area contributed by atoms with Crippen LogP contribution in [0.15, 0.2) is 18.2 Å². The monoisotopic (exact) mass is 394 g/mol. The van der Waals surface area contributed by atoms with Crippen LogP contribution in [0.2, 0.25) is 5.02 Å². The number of nitrogens with zero attached hydrogens (tertiary/aromatic N) is 2. The number of rotatable bonds is 4. The Labute approximate surface area is 165 Å². The molecule has 1 aromatic carbocycles. The molecule has 0 saturated carbocycles. The highest BCUT2D eigenvalue weighted by atomic mass is 35.5. The van der Waals surface area contributed by atoms with Gasteiger partial charge in [0.15, 0.2) is 0 Å². The van der Waals surface area contributed by atoms with Crippen molar-refractivity contribution in [3.8, 4) is 0 Å². The number of benzene rings is 1. The summed E-state index contributed by atoms with van der Waals surface area (Å²) in [6.07, 6.45) is 6.20. The van der Waals surface area contributed by atoms with Gasteiger partial charge in [-0.3, -0.25) is 9.69 Å². The zero-order valence-electron chi connectivity index (χ0n) is 15.8. The number of hydrogen-bond acceptors (Lipinski definition) is 3. The molecule has 0 radical (unpaired) electrons. The Morgan fingerprint density at radius 2 is 2.07 bits per heavy atom. The van der Waals surface area contributed by atoms with Gasteiger partial charge in [0.05, 0.1) is 6.10 Å². The van der Waals surface area contributed by atoms with E-state index in [2.05, 4.69) is 9.80 Å². The lowest BCUT2D eigenvalue weighted by Gasteiger charge is -2.48. The maximum absolute atomic E-state index is 13.5. The molecule has 1 atom stereocenters. The van der Waals surface area contributed by atoms with Gasteiger partial charge in [0, 0.05) is 37.7 Å². The first-order valence-electron chi connectivity index (χ1n) is 10.1. The lowest BCUT2D eigenvalue weighted by Crippen LogP contribution is -2.52. The summed E-state index contributed by atoms with van der Waals surface area (Å²) in [5, 5.41) is 0.627. The number of likely N-dealkylation sites (tertiary alicyclic amines) is 2. The minimum absolute atomic E-state index is 0.222. The highest BCUT2D eigenvalue weighted by molar-refractivity contribution is 6.31. The van der Waals surface area contributed by atoms with Crippen LogP contribution < -0.4 is 0 Å². The second-order valence-corrected chi connectivity index (χ2v) is 8.83. The fraction of sp³-hybridized carbons (Fsp3) is 0.667. The van der Waals surface area contributed by atoms with Crippen molar-refractivity contribution in [3.05, 3.63) is 34.6 Å². The highest BCUT2D eigenvalue weighted by Gasteiger charge is 2.41. The van der Waals surface area contributed by atoms with Crippen molar-refractivity contribution in [2.75, 3.05) is 32.8 Å². The molecule has 3 saturated heterocycles. The zero-order chi connectivity index (χ0) is 18.9. The lowest BCUT2D eigenvalue weighted by molar-refractivity contribution is -0.141. The summed E-state index contributed by atoms with van der Waals surface area (Å²) >= 11 is 6.22. The van der Waals surface area contributed by atoms with Crippen LogP contribution in [0.3, 0.4) is 0 Å². The molecule has 6 heteroatoms. The maximum atomic E-state index is 13.5. The minimum atomic E-state index is -0.238. The molecule has 0 N–H and O–H groups in total. The second kappa shape index (κ2) is 8.06. The summed E-state index contributed by atoms with van der Waals surface area (Å²) in [6, 6.07) is 4.57. The first-order chi connectivity index (χ1) is 13.0. The average molecular weight is 395 g/mol. The summed E-state index contributed by atoms with van der Waals surface area (Å²) in [6.45, 7) is 5.06. The number of carbonyl (C=O) groups excluding carboxylic acids is 1. The van der Waals surface area contributed by atoms with E-state index in [-0.39, 0.29) is 23.2 Å². The third-order valence-electron chi connectivity index (χ3n) is 6.51. The van der Waals surface area contributed by atoms with Gasteiger partial charge in [-0.2, -0.15) is 0 Å². The van der Waals surface area contributed by atoms with E-state index in [1.54, 1.807) is 6.07 Å². The van der Waals surface area contributed by atoms with Crippen molar-refractivity contribution in [1.29, 1.82) is 0 Å². The van der Waals surface area contributed by atoms with Crippen molar-refractivity contribution in [2.24, 2.45) is 5.41 Å². The van der Waals surface area contributed by atoms with Gasteiger partial charge >= 0.3 is 0 Å². The van der Waals surface area contributed by atoms with E-state index in [1.807, 2.05) is 0 Å². The maximum Gasteiger partial charge on any atom is 0.222 e. The van der Waals surface area contributed by atoms with Gasteiger partial charge in [0.25, 0.3) is 0 Å². The van der Waals surface area contributed by atoms with Gasteiger partial charge in [0.1, 0.15) is 5.82 Å². The molecule has 3 aliphatic rings. The highest BCUT2D eigenvalue weighted by Crippen LogP contribution is 2.41. The first kappa shape index (κ1) is 19.2. The fourth-order valence-electron chi connectivity index (χ4n) is 4.80. The van der Waals surface area contributed by atoms with Crippen LogP contribution in [0.4, 0.5) is 4.39 Å². The van der Waals surface area contributed by atoms with Crippen LogP contribution in [-0.2, 0) is 16.1 Å². The quantitative estimate of drug-likeness (QED) is 0.777. The molecule has 3 heterocycles. The largest absolute Gasteiger partial charge is 0.376 e. The van der Waals surface area contributed by atoms with E-state index < -0.39 is 0 Å². The standard InChI is InChI=1S/C21H28ClFN2O2/c22-19-4-3-17(23)12-16(19)13-24-9-7-21(8-10-24)6-5-20(26)25(15-21)14-18-2-1-11-27-18/h3-4,12,18H,1-2,5-11,13-15H2/t18-/m0/s1. The van der Waals surface area contributed by atoms with Crippen molar-refractivity contribution >= 4 is 17.5 Å². The predicted molar refractivity (Wildman–Crippen MR) is 103 cm³/mol. The number of carbonyl (C=O) groups is 1. The molecule has 0 unspecified atom stereocenters. The first-order valence-corrected chi connectivity index (χ1v) is 10.5. The lowest BCUT2D eigenvalue weighted by atomic mass is 9.72. The Morgan fingerprint density at radius 3 is 2.81 bits per heavy atom. The molecule has 27 heavy (non-hydrogen) atoms. The number of hydrogen-bond donors (Lipinski definition) is 0. The molecular weight excluding hydrogens is 367 g/mol. The Bertz CT molecular complexity index is 685. The molecule has 148 valence electrons. The minimum Gasteiger partial charge on any atom is -0.376 e. The van der Waals surface area contributed by atoms with Gasteiger partial charge in [-0.15, -0.1) is 0 Å².